The molecule has 0 saturated carbocycles. The standard InChI is InChI=1S/C16H19NO6S/c1-10-6-16(18)23-13-8-14(21-2)15(7-12(10)13)24(19,20)17-9-11-4-3-5-22-11/h6-8,11,17H,3-5,9H2,1-2H3/t11-/m0/s1. The van der Waals surface area contributed by atoms with Crippen LogP contribution in [-0.2, 0) is 14.8 Å². The number of nitrogens with one attached hydrogen (secondary N) is 1. The third kappa shape index (κ3) is 3.31. The Balaban J connectivity index is 2.01. The summed E-state index contributed by atoms with van der Waals surface area (Å²) in [6.45, 7) is 2.60. The molecule has 1 aliphatic rings. The van der Waals surface area contributed by atoms with Crippen LogP contribution in [0, 0.1) is 6.92 Å². The first kappa shape index (κ1) is 16.9. The number of methoxy groups -OCH3 is 1. The highest BCUT2D eigenvalue weighted by Crippen LogP contribution is 2.30. The van der Waals surface area contributed by atoms with Gasteiger partial charge in [-0.1, -0.05) is 0 Å². The largest absolute Gasteiger partial charge is 0.495 e. The van der Waals surface area contributed by atoms with Crippen LogP contribution in [-0.4, -0.2) is 34.8 Å². The van der Waals surface area contributed by atoms with Crippen LogP contribution in [0.4, 0.5) is 0 Å². The van der Waals surface area contributed by atoms with E-state index in [0.29, 0.717) is 17.6 Å². The highest BCUT2D eigenvalue weighted by molar-refractivity contribution is 7.89. The Morgan fingerprint density at radius 3 is 2.79 bits per heavy atom. The normalized spacial score (nSPS) is 18.2. The molecule has 0 unspecified atom stereocenters. The summed E-state index contributed by atoms with van der Waals surface area (Å²) in [6.07, 6.45) is 1.66. The van der Waals surface area contributed by atoms with E-state index in [1.807, 2.05) is 0 Å². The second-order valence-electron chi connectivity index (χ2n) is 5.73. The van der Waals surface area contributed by atoms with Crippen molar-refractivity contribution in [2.24, 2.45) is 0 Å². The van der Waals surface area contributed by atoms with Crippen LogP contribution in [0.5, 0.6) is 5.75 Å². The Kier molecular flexibility index (Phi) is 4.62. The fourth-order valence-electron chi connectivity index (χ4n) is 2.78. The first-order valence-corrected chi connectivity index (χ1v) is 9.13. The molecule has 2 aromatic rings. The SMILES string of the molecule is COc1cc2oc(=O)cc(C)c2cc1S(=O)(=O)NC[C@@H]1CCCO1. The number of aryl methyl sites for hydroxylation is 1. The minimum atomic E-state index is -3.78. The van der Waals surface area contributed by atoms with E-state index in [1.165, 1.54) is 25.3 Å². The van der Waals surface area contributed by atoms with Crippen molar-refractivity contribution in [3.63, 3.8) is 0 Å². The van der Waals surface area contributed by atoms with Crippen molar-refractivity contribution in [3.05, 3.63) is 34.2 Å². The van der Waals surface area contributed by atoms with Gasteiger partial charge in [-0.05, 0) is 31.4 Å². The van der Waals surface area contributed by atoms with Crippen molar-refractivity contribution in [2.75, 3.05) is 20.3 Å². The number of fused-ring (bicyclic) bond motifs is 1. The summed E-state index contributed by atoms with van der Waals surface area (Å²) in [6, 6.07) is 4.21. The van der Waals surface area contributed by atoms with Crippen LogP contribution < -0.4 is 15.1 Å². The van der Waals surface area contributed by atoms with Crippen molar-refractivity contribution >= 4 is 21.0 Å². The van der Waals surface area contributed by atoms with E-state index in [2.05, 4.69) is 4.72 Å². The van der Waals surface area contributed by atoms with E-state index in [9.17, 15) is 13.2 Å². The lowest BCUT2D eigenvalue weighted by Crippen LogP contribution is -2.32. The Bertz CT molecular complexity index is 912. The van der Waals surface area contributed by atoms with Crippen molar-refractivity contribution in [1.82, 2.24) is 4.72 Å². The molecule has 1 saturated heterocycles. The fraction of sp³-hybridized carbons (Fsp3) is 0.438. The van der Waals surface area contributed by atoms with E-state index in [0.717, 1.165) is 12.8 Å². The van der Waals surface area contributed by atoms with Gasteiger partial charge < -0.3 is 13.9 Å². The van der Waals surface area contributed by atoms with Gasteiger partial charge in [0.1, 0.15) is 16.2 Å². The maximum Gasteiger partial charge on any atom is 0.336 e. The second-order valence-corrected chi connectivity index (χ2v) is 7.47. The number of hydrogen-bond acceptors (Lipinski definition) is 6. The molecular weight excluding hydrogens is 334 g/mol. The monoisotopic (exact) mass is 353 g/mol. The summed E-state index contributed by atoms with van der Waals surface area (Å²) in [5, 5.41) is 0.549. The van der Waals surface area contributed by atoms with E-state index < -0.39 is 15.6 Å². The van der Waals surface area contributed by atoms with Crippen LogP contribution >= 0.6 is 0 Å². The van der Waals surface area contributed by atoms with Gasteiger partial charge in [-0.25, -0.2) is 17.9 Å². The van der Waals surface area contributed by atoms with Gasteiger partial charge in [0.05, 0.1) is 13.2 Å². The first-order chi connectivity index (χ1) is 11.4. The van der Waals surface area contributed by atoms with Gasteiger partial charge in [0, 0.05) is 30.7 Å². The molecule has 1 atom stereocenters. The van der Waals surface area contributed by atoms with Crippen molar-refractivity contribution < 1.29 is 22.3 Å². The number of hydrogen-bond donors (Lipinski definition) is 1. The van der Waals surface area contributed by atoms with Crippen LogP contribution in [0.2, 0.25) is 0 Å². The van der Waals surface area contributed by atoms with Crippen LogP contribution in [0.15, 0.2) is 32.3 Å². The lowest BCUT2D eigenvalue weighted by molar-refractivity contribution is 0.114. The molecule has 1 fully saturated rings. The third-order valence-corrected chi connectivity index (χ3v) is 5.49. The molecule has 8 heteroatoms. The van der Waals surface area contributed by atoms with Crippen molar-refractivity contribution in [3.8, 4) is 5.75 Å². The van der Waals surface area contributed by atoms with Gasteiger partial charge in [0.15, 0.2) is 0 Å². The Hall–Kier alpha value is -1.90. The summed E-state index contributed by atoms with van der Waals surface area (Å²) in [5.74, 6) is 0.121. The first-order valence-electron chi connectivity index (χ1n) is 7.64. The predicted molar refractivity (Wildman–Crippen MR) is 87.9 cm³/mol. The summed E-state index contributed by atoms with van der Waals surface area (Å²) in [4.78, 5) is 11.5. The summed E-state index contributed by atoms with van der Waals surface area (Å²) >= 11 is 0. The van der Waals surface area contributed by atoms with Gasteiger partial charge >= 0.3 is 5.63 Å². The number of benzene rings is 1. The van der Waals surface area contributed by atoms with Crippen molar-refractivity contribution in [1.29, 1.82) is 0 Å². The van der Waals surface area contributed by atoms with E-state index in [4.69, 9.17) is 13.9 Å². The topological polar surface area (TPSA) is 94.8 Å². The molecule has 0 radical (unpaired) electrons. The van der Waals surface area contributed by atoms with Gasteiger partial charge in [-0.3, -0.25) is 0 Å². The van der Waals surface area contributed by atoms with Crippen LogP contribution in [0.1, 0.15) is 18.4 Å². The highest BCUT2D eigenvalue weighted by Gasteiger charge is 2.24. The van der Waals surface area contributed by atoms with Crippen molar-refractivity contribution in [2.45, 2.75) is 30.8 Å². The van der Waals surface area contributed by atoms with Crippen LogP contribution in [0.3, 0.4) is 0 Å². The number of rotatable bonds is 5. The lowest BCUT2D eigenvalue weighted by atomic mass is 10.1. The third-order valence-electron chi connectivity index (χ3n) is 4.05. The Labute approximate surface area is 139 Å². The second kappa shape index (κ2) is 6.54. The quantitative estimate of drug-likeness (QED) is 0.820. The molecule has 24 heavy (non-hydrogen) atoms. The molecule has 0 amide bonds. The molecule has 130 valence electrons. The number of ether oxygens (including phenoxy) is 2. The van der Waals surface area contributed by atoms with Gasteiger partial charge in [-0.15, -0.1) is 0 Å². The summed E-state index contributed by atoms with van der Waals surface area (Å²) < 4.78 is 43.6. The average Bonchev–Trinajstić information content (AvgIpc) is 3.05. The molecule has 0 spiro atoms. The van der Waals surface area contributed by atoms with E-state index in [1.54, 1.807) is 6.92 Å². The summed E-state index contributed by atoms with van der Waals surface area (Å²) in [5.41, 5.74) is 0.434. The lowest BCUT2D eigenvalue weighted by Gasteiger charge is -2.14. The van der Waals surface area contributed by atoms with E-state index >= 15 is 0 Å². The van der Waals surface area contributed by atoms with Gasteiger partial charge in [0.25, 0.3) is 0 Å². The molecular formula is C16H19NO6S. The average molecular weight is 353 g/mol. The molecule has 1 aromatic heterocycles. The fourth-order valence-corrected chi connectivity index (χ4v) is 4.02. The Morgan fingerprint density at radius 1 is 1.33 bits per heavy atom. The maximum absolute atomic E-state index is 12.7. The van der Waals surface area contributed by atoms with Gasteiger partial charge in [-0.2, -0.15) is 0 Å². The minimum Gasteiger partial charge on any atom is -0.495 e. The maximum atomic E-state index is 12.7. The molecule has 3 rings (SSSR count). The zero-order valence-corrected chi connectivity index (χ0v) is 14.3. The molecule has 1 N–H and O–H groups in total. The molecule has 1 aliphatic heterocycles. The minimum absolute atomic E-state index is 0.00689. The molecule has 0 bridgehead atoms. The molecule has 1 aromatic carbocycles. The summed E-state index contributed by atoms with van der Waals surface area (Å²) in [7, 11) is -2.41. The van der Waals surface area contributed by atoms with Crippen LogP contribution in [0.25, 0.3) is 11.0 Å². The Morgan fingerprint density at radius 2 is 2.12 bits per heavy atom. The predicted octanol–water partition coefficient (Wildman–Crippen LogP) is 1.57. The molecule has 7 nitrogen and oxygen atoms in total. The zero-order valence-electron chi connectivity index (χ0n) is 13.5. The number of sulfonamides is 1. The van der Waals surface area contributed by atoms with Gasteiger partial charge in [0.2, 0.25) is 10.0 Å². The van der Waals surface area contributed by atoms with E-state index in [-0.39, 0.29) is 28.9 Å². The molecule has 0 aliphatic carbocycles. The zero-order chi connectivity index (χ0) is 17.3. The molecule has 2 heterocycles. The smallest absolute Gasteiger partial charge is 0.336 e. The highest BCUT2D eigenvalue weighted by atomic mass is 32.2.